The van der Waals surface area contributed by atoms with Crippen molar-refractivity contribution in [1.82, 2.24) is 29.9 Å². The molecule has 0 fully saturated rings. The topological polar surface area (TPSA) is 83.8 Å². The molecule has 9 aromatic rings. The van der Waals surface area contributed by atoms with Gasteiger partial charge in [-0.15, -0.1) is 0 Å². The largest absolute Gasteiger partial charge is 0.309 e. The third-order valence-electron chi connectivity index (χ3n) is 11.6. The minimum Gasteiger partial charge on any atom is -0.309 e. The highest BCUT2D eigenvalue weighted by molar-refractivity contribution is 6.23. The Morgan fingerprint density at radius 3 is 0.968 bits per heavy atom. The van der Waals surface area contributed by atoms with Gasteiger partial charge in [-0.05, 0) is 121 Å². The molecule has 8 heteroatoms. The second kappa shape index (κ2) is 15.9. The molecule has 0 aliphatic heterocycles. The third kappa shape index (κ3) is 7.76. The van der Waals surface area contributed by atoms with Crippen molar-refractivity contribution in [1.29, 1.82) is 0 Å². The van der Waals surface area contributed by atoms with E-state index in [4.69, 9.17) is 0 Å². The van der Waals surface area contributed by atoms with Crippen LogP contribution >= 0.6 is 0 Å². The summed E-state index contributed by atoms with van der Waals surface area (Å²) in [6, 6.07) is 48.9. The maximum absolute atomic E-state index is 4.44. The molecule has 306 valence electrons. The Labute approximate surface area is 364 Å². The van der Waals surface area contributed by atoms with E-state index in [0.29, 0.717) is 11.6 Å². The van der Waals surface area contributed by atoms with Crippen LogP contribution in [0, 0.1) is 13.8 Å². The van der Waals surface area contributed by atoms with Crippen LogP contribution in [0.2, 0.25) is 0 Å². The Hall–Kier alpha value is -7.32. The van der Waals surface area contributed by atoms with Crippen LogP contribution in [0.1, 0.15) is 63.8 Å². The molecule has 0 aliphatic carbocycles. The van der Waals surface area contributed by atoms with Gasteiger partial charge in [0, 0.05) is 55.4 Å². The second-order valence-corrected chi connectivity index (χ2v) is 18.1. The Balaban J connectivity index is 1.40. The first kappa shape index (κ1) is 40.1. The van der Waals surface area contributed by atoms with Gasteiger partial charge in [0.05, 0.1) is 11.4 Å². The van der Waals surface area contributed by atoms with E-state index in [2.05, 4.69) is 229 Å². The van der Waals surface area contributed by atoms with Crippen LogP contribution in [0.3, 0.4) is 0 Å². The zero-order chi connectivity index (χ0) is 43.2. The molecule has 2 aromatic heterocycles. The SMILES string of the molecule is Cc1ccc(N(c2ccc(-c3ncncn3)cc2)c2c3ccc(C(C)(C)C)cc3c(N(c3ccc(C)cc3)c3ccc(-c4ncncn4)cc3)c3ccc(C(C)(C)C)cc23)cc1. The van der Waals surface area contributed by atoms with Gasteiger partial charge in [-0.1, -0.05) is 101 Å². The number of hydrogen-bond acceptors (Lipinski definition) is 8. The summed E-state index contributed by atoms with van der Waals surface area (Å²) in [7, 11) is 0. The summed E-state index contributed by atoms with van der Waals surface area (Å²) in [6.07, 6.45) is 6.15. The van der Waals surface area contributed by atoms with Crippen molar-refractivity contribution in [3.63, 3.8) is 0 Å². The number of nitrogens with zero attached hydrogens (tertiary/aromatic N) is 8. The van der Waals surface area contributed by atoms with Crippen LogP contribution in [-0.4, -0.2) is 29.9 Å². The smallest absolute Gasteiger partial charge is 0.162 e. The van der Waals surface area contributed by atoms with Crippen molar-refractivity contribution in [3.8, 4) is 22.8 Å². The first-order valence-corrected chi connectivity index (χ1v) is 21.1. The summed E-state index contributed by atoms with van der Waals surface area (Å²) >= 11 is 0. The molecule has 7 aromatic carbocycles. The van der Waals surface area contributed by atoms with E-state index in [0.717, 1.165) is 66.8 Å². The quantitative estimate of drug-likeness (QED) is 0.111. The predicted molar refractivity (Wildman–Crippen MR) is 255 cm³/mol. The summed E-state index contributed by atoms with van der Waals surface area (Å²) in [4.78, 5) is 30.7. The molecule has 0 atom stereocenters. The van der Waals surface area contributed by atoms with Gasteiger partial charge in [0.2, 0.25) is 0 Å². The normalized spacial score (nSPS) is 11.9. The van der Waals surface area contributed by atoms with Gasteiger partial charge in [-0.25, -0.2) is 29.9 Å². The number of rotatable bonds is 8. The molecule has 62 heavy (non-hydrogen) atoms. The van der Waals surface area contributed by atoms with Gasteiger partial charge in [-0.2, -0.15) is 0 Å². The van der Waals surface area contributed by atoms with Crippen molar-refractivity contribution in [3.05, 3.63) is 181 Å². The number of aromatic nitrogens is 6. The molecule has 9 rings (SSSR count). The first-order chi connectivity index (χ1) is 29.8. The second-order valence-electron chi connectivity index (χ2n) is 18.1. The first-order valence-electron chi connectivity index (χ1n) is 21.1. The molecule has 0 saturated carbocycles. The zero-order valence-electron chi connectivity index (χ0n) is 36.6. The van der Waals surface area contributed by atoms with E-state index >= 15 is 0 Å². The fourth-order valence-electron chi connectivity index (χ4n) is 8.10. The summed E-state index contributed by atoms with van der Waals surface area (Å²) < 4.78 is 0. The maximum Gasteiger partial charge on any atom is 0.162 e. The van der Waals surface area contributed by atoms with Crippen LogP contribution in [0.25, 0.3) is 44.3 Å². The monoisotopic (exact) mass is 810 g/mol. The average Bonchev–Trinajstić information content (AvgIpc) is 3.28. The number of hydrogen-bond donors (Lipinski definition) is 0. The molecule has 0 saturated heterocycles. The molecule has 0 unspecified atom stereocenters. The van der Waals surface area contributed by atoms with Gasteiger partial charge in [0.1, 0.15) is 25.3 Å². The number of aryl methyl sites for hydroxylation is 2. The Bertz CT molecular complexity index is 2800. The molecule has 0 bridgehead atoms. The Morgan fingerprint density at radius 2 is 0.661 bits per heavy atom. The van der Waals surface area contributed by atoms with E-state index in [9.17, 15) is 0 Å². The average molecular weight is 811 g/mol. The Kier molecular flexibility index (Phi) is 10.3. The highest BCUT2D eigenvalue weighted by Gasteiger charge is 2.28. The summed E-state index contributed by atoms with van der Waals surface area (Å²) in [5.41, 5.74) is 12.9. The molecular weight excluding hydrogens is 761 g/mol. The Morgan fingerprint density at radius 1 is 0.355 bits per heavy atom. The van der Waals surface area contributed by atoms with E-state index < -0.39 is 0 Å². The number of anilines is 6. The van der Waals surface area contributed by atoms with Crippen molar-refractivity contribution < 1.29 is 0 Å². The molecule has 0 radical (unpaired) electrons. The highest BCUT2D eigenvalue weighted by atomic mass is 15.2. The lowest BCUT2D eigenvalue weighted by Gasteiger charge is -2.34. The molecule has 8 nitrogen and oxygen atoms in total. The standard InChI is InChI=1S/C54H50N8/c1-35-9-19-41(20-10-35)61(43-23-13-37(14-24-43)51-57-31-55-32-58-51)49-45-27-17-40(54(6,7)8)30-48(45)50(46-28-18-39(29-47(46)49)53(3,4)5)62(42-21-11-36(2)12-22-42)44-25-15-38(16-26-44)52-59-33-56-34-60-52/h9-34H,1-8H3. The number of fused-ring (bicyclic) bond motifs is 2. The van der Waals surface area contributed by atoms with Crippen molar-refractivity contribution in [2.75, 3.05) is 9.80 Å². The lowest BCUT2D eigenvalue weighted by Crippen LogP contribution is -2.17. The van der Waals surface area contributed by atoms with Crippen LogP contribution in [0.5, 0.6) is 0 Å². The van der Waals surface area contributed by atoms with Crippen LogP contribution in [-0.2, 0) is 10.8 Å². The van der Waals surface area contributed by atoms with E-state index in [1.54, 1.807) is 0 Å². The van der Waals surface area contributed by atoms with Crippen molar-refractivity contribution in [2.45, 2.75) is 66.2 Å². The highest BCUT2D eigenvalue weighted by Crippen LogP contribution is 2.52. The van der Waals surface area contributed by atoms with Gasteiger partial charge < -0.3 is 9.80 Å². The van der Waals surface area contributed by atoms with Crippen molar-refractivity contribution >= 4 is 55.7 Å². The van der Waals surface area contributed by atoms with E-state index in [-0.39, 0.29) is 10.8 Å². The van der Waals surface area contributed by atoms with Gasteiger partial charge >= 0.3 is 0 Å². The van der Waals surface area contributed by atoms with Gasteiger partial charge in [0.15, 0.2) is 11.6 Å². The predicted octanol–water partition coefficient (Wildman–Crippen LogP) is 13.8. The molecule has 0 aliphatic rings. The fourth-order valence-corrected chi connectivity index (χ4v) is 8.10. The van der Waals surface area contributed by atoms with Gasteiger partial charge in [0.25, 0.3) is 0 Å². The summed E-state index contributed by atoms with van der Waals surface area (Å²) in [5.74, 6) is 1.27. The lowest BCUT2D eigenvalue weighted by atomic mass is 9.82. The summed E-state index contributed by atoms with van der Waals surface area (Å²) in [6.45, 7) is 18.0. The molecular formula is C54H50N8. The third-order valence-corrected chi connectivity index (χ3v) is 11.6. The van der Waals surface area contributed by atoms with E-state index in [1.807, 2.05) is 0 Å². The van der Waals surface area contributed by atoms with Gasteiger partial charge in [-0.3, -0.25) is 0 Å². The zero-order valence-corrected chi connectivity index (χ0v) is 36.6. The molecule has 0 N–H and O–H groups in total. The lowest BCUT2D eigenvalue weighted by molar-refractivity contribution is 0.590. The van der Waals surface area contributed by atoms with Crippen LogP contribution in [0.4, 0.5) is 34.1 Å². The maximum atomic E-state index is 4.44. The van der Waals surface area contributed by atoms with E-state index in [1.165, 1.54) is 47.6 Å². The van der Waals surface area contributed by atoms with Crippen LogP contribution < -0.4 is 9.80 Å². The minimum absolute atomic E-state index is 0.112. The minimum atomic E-state index is -0.112. The molecule has 0 spiro atoms. The molecule has 0 amide bonds. The summed E-state index contributed by atoms with van der Waals surface area (Å²) in [5, 5.41) is 4.55. The van der Waals surface area contributed by atoms with Crippen molar-refractivity contribution in [2.24, 2.45) is 0 Å². The molecule has 2 heterocycles. The number of benzene rings is 7. The fraction of sp³-hybridized carbons (Fsp3) is 0.185. The van der Waals surface area contributed by atoms with Crippen LogP contribution in [0.15, 0.2) is 159 Å².